The number of carbonyl (C=O) groups is 2. The molecule has 2 amide bonds. The number of benzene rings is 4. The van der Waals surface area contributed by atoms with Gasteiger partial charge in [-0.15, -0.1) is 0 Å². The SMILES string of the molecule is O=C(NC1CCCC1)C(Cc1ccccc1)N(Cc1ccccc1F)C(=O)CN(c1ccc(Cl)cc1Cl)S(=O)(=O)c1ccccc1. The molecule has 0 radical (unpaired) electrons. The zero-order valence-corrected chi connectivity index (χ0v) is 27.3. The highest BCUT2D eigenvalue weighted by Gasteiger charge is 2.36. The lowest BCUT2D eigenvalue weighted by Crippen LogP contribution is -2.54. The molecule has 7 nitrogen and oxygen atoms in total. The summed E-state index contributed by atoms with van der Waals surface area (Å²) in [5.74, 6) is -1.65. The van der Waals surface area contributed by atoms with E-state index in [0.717, 1.165) is 35.6 Å². The first-order valence-corrected chi connectivity index (χ1v) is 17.2. The van der Waals surface area contributed by atoms with Crippen LogP contribution < -0.4 is 9.62 Å². The summed E-state index contributed by atoms with van der Waals surface area (Å²) < 4.78 is 44.2. The fourth-order valence-corrected chi connectivity index (χ4v) is 7.66. The van der Waals surface area contributed by atoms with Crippen molar-refractivity contribution >= 4 is 50.7 Å². The predicted octanol–water partition coefficient (Wildman–Crippen LogP) is 7.03. The van der Waals surface area contributed by atoms with E-state index < -0.39 is 34.3 Å². The number of sulfonamides is 1. The lowest BCUT2D eigenvalue weighted by Gasteiger charge is -2.34. The average Bonchev–Trinajstić information content (AvgIpc) is 3.56. The Hall–Kier alpha value is -3.92. The van der Waals surface area contributed by atoms with Crippen LogP contribution in [0.5, 0.6) is 0 Å². The van der Waals surface area contributed by atoms with Gasteiger partial charge in [0.15, 0.2) is 0 Å². The maximum Gasteiger partial charge on any atom is 0.264 e. The molecule has 1 saturated carbocycles. The molecule has 1 fully saturated rings. The van der Waals surface area contributed by atoms with Gasteiger partial charge in [0.2, 0.25) is 11.8 Å². The fraction of sp³-hybridized carbons (Fsp3) is 0.257. The fourth-order valence-electron chi connectivity index (χ4n) is 5.65. The minimum atomic E-state index is -4.34. The van der Waals surface area contributed by atoms with Crippen molar-refractivity contribution in [1.82, 2.24) is 10.2 Å². The highest BCUT2D eigenvalue weighted by Crippen LogP contribution is 2.33. The topological polar surface area (TPSA) is 86.8 Å². The zero-order valence-electron chi connectivity index (χ0n) is 25.0. The Labute approximate surface area is 279 Å². The van der Waals surface area contributed by atoms with Gasteiger partial charge in [0.05, 0.1) is 15.6 Å². The molecule has 0 bridgehead atoms. The van der Waals surface area contributed by atoms with E-state index in [2.05, 4.69) is 5.32 Å². The summed E-state index contributed by atoms with van der Waals surface area (Å²) in [7, 11) is -4.34. The molecular weight excluding hydrogens is 648 g/mol. The van der Waals surface area contributed by atoms with E-state index in [-0.39, 0.29) is 51.1 Å². The van der Waals surface area contributed by atoms with Crippen molar-refractivity contribution in [3.8, 4) is 0 Å². The highest BCUT2D eigenvalue weighted by atomic mass is 35.5. The number of hydrogen-bond donors (Lipinski definition) is 1. The molecule has 1 atom stereocenters. The van der Waals surface area contributed by atoms with Gasteiger partial charge in [-0.3, -0.25) is 13.9 Å². The summed E-state index contributed by atoms with van der Waals surface area (Å²) in [6, 6.07) is 26.1. The number of nitrogens with zero attached hydrogens (tertiary/aromatic N) is 2. The van der Waals surface area contributed by atoms with Gasteiger partial charge in [-0.2, -0.15) is 0 Å². The van der Waals surface area contributed by atoms with Crippen molar-refractivity contribution < 1.29 is 22.4 Å². The Morgan fingerprint density at radius 3 is 2.15 bits per heavy atom. The highest BCUT2D eigenvalue weighted by molar-refractivity contribution is 7.92. The van der Waals surface area contributed by atoms with Crippen LogP contribution in [0, 0.1) is 5.82 Å². The molecule has 0 spiro atoms. The Kier molecular flexibility index (Phi) is 11.0. The van der Waals surface area contributed by atoms with Crippen LogP contribution in [0.3, 0.4) is 0 Å². The van der Waals surface area contributed by atoms with Crippen molar-refractivity contribution in [2.75, 3.05) is 10.8 Å². The monoisotopic (exact) mass is 681 g/mol. The Balaban J connectivity index is 1.59. The molecule has 1 unspecified atom stereocenters. The molecule has 46 heavy (non-hydrogen) atoms. The van der Waals surface area contributed by atoms with Crippen LogP contribution >= 0.6 is 23.2 Å². The lowest BCUT2D eigenvalue weighted by molar-refractivity contribution is -0.140. The first-order chi connectivity index (χ1) is 22.1. The van der Waals surface area contributed by atoms with Crippen LogP contribution in [0.4, 0.5) is 10.1 Å². The molecule has 1 aliphatic rings. The molecule has 5 rings (SSSR count). The predicted molar refractivity (Wildman–Crippen MR) is 179 cm³/mol. The third-order valence-corrected chi connectivity index (χ3v) is 10.4. The lowest BCUT2D eigenvalue weighted by atomic mass is 10.0. The molecule has 0 heterocycles. The van der Waals surface area contributed by atoms with Crippen LogP contribution in [0.1, 0.15) is 36.8 Å². The van der Waals surface area contributed by atoms with E-state index in [1.807, 2.05) is 30.3 Å². The van der Waals surface area contributed by atoms with Gasteiger partial charge in [0.1, 0.15) is 18.4 Å². The minimum Gasteiger partial charge on any atom is -0.352 e. The number of anilines is 1. The average molecular weight is 683 g/mol. The number of hydrogen-bond acceptors (Lipinski definition) is 4. The Morgan fingerprint density at radius 1 is 0.870 bits per heavy atom. The molecule has 1 N–H and O–H groups in total. The molecule has 4 aromatic carbocycles. The van der Waals surface area contributed by atoms with Gasteiger partial charge >= 0.3 is 0 Å². The van der Waals surface area contributed by atoms with Gasteiger partial charge in [-0.05, 0) is 54.8 Å². The maximum atomic E-state index is 15.1. The third-order valence-electron chi connectivity index (χ3n) is 8.06. The van der Waals surface area contributed by atoms with Gasteiger partial charge < -0.3 is 10.2 Å². The van der Waals surface area contributed by atoms with E-state index in [1.165, 1.54) is 47.4 Å². The summed E-state index contributed by atoms with van der Waals surface area (Å²) in [4.78, 5) is 29.8. The first-order valence-electron chi connectivity index (χ1n) is 15.0. The summed E-state index contributed by atoms with van der Waals surface area (Å²) in [5.41, 5.74) is 1.00. The van der Waals surface area contributed by atoms with E-state index in [4.69, 9.17) is 23.2 Å². The Bertz CT molecular complexity index is 1770. The molecular formula is C35H34Cl2FN3O4S. The maximum absolute atomic E-state index is 15.1. The quantitative estimate of drug-likeness (QED) is 0.174. The minimum absolute atomic E-state index is 0.0141. The summed E-state index contributed by atoms with van der Waals surface area (Å²) >= 11 is 12.6. The Morgan fingerprint density at radius 2 is 1.50 bits per heavy atom. The van der Waals surface area contributed by atoms with Gasteiger partial charge in [-0.25, -0.2) is 12.8 Å². The van der Waals surface area contributed by atoms with Crippen molar-refractivity contribution in [2.24, 2.45) is 0 Å². The van der Waals surface area contributed by atoms with Gasteiger partial charge in [0.25, 0.3) is 10.0 Å². The summed E-state index contributed by atoms with van der Waals surface area (Å²) in [6.45, 7) is -0.982. The number of amides is 2. The second kappa shape index (κ2) is 15.1. The molecule has 1 aliphatic carbocycles. The van der Waals surface area contributed by atoms with E-state index >= 15 is 4.39 Å². The standard InChI is InChI=1S/C35H34Cl2FN3O4S/c36-27-19-20-32(30(37)22-27)41(46(44,45)29-16-5-2-6-17-29)24-34(42)40(23-26-13-7-10-18-31(26)38)33(21-25-11-3-1-4-12-25)35(43)39-28-14-8-9-15-28/h1-7,10-13,16-20,22,28,33H,8-9,14-15,21,23-24H2,(H,39,43). The van der Waals surface area contributed by atoms with Gasteiger partial charge in [0, 0.05) is 29.6 Å². The first kappa shape index (κ1) is 33.4. The van der Waals surface area contributed by atoms with E-state index in [1.54, 1.807) is 30.3 Å². The summed E-state index contributed by atoms with van der Waals surface area (Å²) in [6.07, 6.45) is 3.75. The van der Waals surface area contributed by atoms with Crippen LogP contribution in [0.25, 0.3) is 0 Å². The summed E-state index contributed by atoms with van der Waals surface area (Å²) in [5, 5.41) is 3.39. The molecule has 11 heteroatoms. The number of halogens is 3. The molecule has 240 valence electrons. The number of carbonyl (C=O) groups excluding carboxylic acids is 2. The largest absolute Gasteiger partial charge is 0.352 e. The van der Waals surface area contributed by atoms with Crippen LogP contribution in [0.2, 0.25) is 10.0 Å². The van der Waals surface area contributed by atoms with Crippen LogP contribution in [0.15, 0.2) is 108 Å². The molecule has 4 aromatic rings. The zero-order chi connectivity index (χ0) is 32.7. The van der Waals surface area contributed by atoms with E-state index in [9.17, 15) is 18.0 Å². The van der Waals surface area contributed by atoms with Gasteiger partial charge in [-0.1, -0.05) is 103 Å². The normalized spacial score (nSPS) is 14.1. The second-order valence-corrected chi connectivity index (χ2v) is 13.9. The number of rotatable bonds is 12. The van der Waals surface area contributed by atoms with Crippen molar-refractivity contribution in [2.45, 2.75) is 55.6 Å². The molecule has 0 saturated heterocycles. The second-order valence-electron chi connectivity index (χ2n) is 11.2. The van der Waals surface area contributed by atoms with Crippen molar-refractivity contribution in [1.29, 1.82) is 0 Å². The van der Waals surface area contributed by atoms with Crippen LogP contribution in [-0.4, -0.2) is 43.8 Å². The number of nitrogens with one attached hydrogen (secondary N) is 1. The molecule has 0 aromatic heterocycles. The third kappa shape index (κ3) is 8.07. The molecule has 0 aliphatic heterocycles. The van der Waals surface area contributed by atoms with Crippen LogP contribution in [-0.2, 0) is 32.6 Å². The van der Waals surface area contributed by atoms with E-state index in [0.29, 0.717) is 0 Å². The smallest absolute Gasteiger partial charge is 0.264 e. The van der Waals surface area contributed by atoms with Crippen molar-refractivity contribution in [3.05, 3.63) is 130 Å². The van der Waals surface area contributed by atoms with Crippen molar-refractivity contribution in [3.63, 3.8) is 0 Å².